The Balaban J connectivity index is 1.54. The topological polar surface area (TPSA) is 57.6 Å². The van der Waals surface area contributed by atoms with Gasteiger partial charge in [-0.25, -0.2) is 0 Å². The first-order valence-electron chi connectivity index (χ1n) is 9.11. The number of carbonyl (C=O) groups is 2. The van der Waals surface area contributed by atoms with E-state index in [2.05, 4.69) is 0 Å². The Kier molecular flexibility index (Phi) is 4.74. The molecule has 0 bridgehead atoms. The first kappa shape index (κ1) is 15.8. The molecule has 2 unspecified atom stereocenters. The van der Waals surface area contributed by atoms with Gasteiger partial charge in [-0.2, -0.15) is 0 Å². The molecule has 2 atom stereocenters. The summed E-state index contributed by atoms with van der Waals surface area (Å²) in [5.41, 5.74) is 0.519. The Morgan fingerprint density at radius 1 is 0.864 bits per heavy atom. The maximum absolute atomic E-state index is 12.7. The summed E-state index contributed by atoms with van der Waals surface area (Å²) in [6.45, 7) is 1.79. The molecule has 0 aromatic carbocycles. The minimum atomic E-state index is -0.725. The van der Waals surface area contributed by atoms with Crippen LogP contribution in [0.2, 0.25) is 0 Å². The molecular weight excluding hydrogens is 278 g/mol. The number of piperidine rings is 1. The molecule has 3 rings (SSSR count). The number of carboxylic acids is 1. The van der Waals surface area contributed by atoms with Crippen molar-refractivity contribution in [1.29, 1.82) is 0 Å². The normalized spacial score (nSPS) is 31.9. The molecule has 0 aromatic heterocycles. The van der Waals surface area contributed by atoms with Gasteiger partial charge in [0.25, 0.3) is 0 Å². The fraction of sp³-hybridized carbons (Fsp3) is 0.889. The van der Waals surface area contributed by atoms with Crippen molar-refractivity contribution in [3.8, 4) is 0 Å². The van der Waals surface area contributed by atoms with Gasteiger partial charge in [0.2, 0.25) is 5.91 Å². The molecule has 1 N–H and O–H groups in total. The van der Waals surface area contributed by atoms with Crippen molar-refractivity contribution in [1.82, 2.24) is 4.90 Å². The van der Waals surface area contributed by atoms with Crippen molar-refractivity contribution < 1.29 is 14.7 Å². The van der Waals surface area contributed by atoms with Gasteiger partial charge in [0.1, 0.15) is 0 Å². The lowest BCUT2D eigenvalue weighted by atomic mass is 9.68. The van der Waals surface area contributed by atoms with Crippen LogP contribution in [0.1, 0.15) is 70.6 Å². The molecule has 3 fully saturated rings. The molecule has 2 aliphatic carbocycles. The van der Waals surface area contributed by atoms with Crippen LogP contribution in [0.3, 0.4) is 0 Å². The van der Waals surface area contributed by atoms with Gasteiger partial charge >= 0.3 is 5.97 Å². The summed E-state index contributed by atoms with van der Waals surface area (Å²) in [7, 11) is 0. The molecule has 0 radical (unpaired) electrons. The lowest BCUT2D eigenvalue weighted by Crippen LogP contribution is -2.46. The molecule has 1 aliphatic heterocycles. The Morgan fingerprint density at radius 2 is 1.50 bits per heavy atom. The van der Waals surface area contributed by atoms with Crippen LogP contribution in [-0.4, -0.2) is 35.0 Å². The van der Waals surface area contributed by atoms with Gasteiger partial charge in [0, 0.05) is 19.0 Å². The Bertz CT molecular complexity index is 418. The van der Waals surface area contributed by atoms with Crippen LogP contribution in [0.15, 0.2) is 0 Å². The highest BCUT2D eigenvalue weighted by molar-refractivity contribution is 5.80. The molecule has 22 heavy (non-hydrogen) atoms. The molecule has 1 saturated heterocycles. The number of aliphatic carboxylic acids is 1. The summed E-state index contributed by atoms with van der Waals surface area (Å²) in [4.78, 5) is 25.9. The first-order chi connectivity index (χ1) is 10.6. The molecule has 4 nitrogen and oxygen atoms in total. The number of nitrogens with zero attached hydrogens (tertiary/aromatic N) is 1. The van der Waals surface area contributed by atoms with E-state index in [1.165, 1.54) is 32.1 Å². The highest BCUT2D eigenvalue weighted by Gasteiger charge is 2.39. The van der Waals surface area contributed by atoms with Gasteiger partial charge in [0.05, 0.1) is 5.92 Å². The Labute approximate surface area is 133 Å². The summed E-state index contributed by atoms with van der Waals surface area (Å²) >= 11 is 0. The van der Waals surface area contributed by atoms with Crippen molar-refractivity contribution in [3.63, 3.8) is 0 Å². The van der Waals surface area contributed by atoms with Crippen molar-refractivity contribution in [2.75, 3.05) is 13.1 Å². The van der Waals surface area contributed by atoms with Gasteiger partial charge < -0.3 is 10.0 Å². The number of amides is 1. The highest BCUT2D eigenvalue weighted by atomic mass is 16.4. The van der Waals surface area contributed by atoms with Gasteiger partial charge in [0.15, 0.2) is 0 Å². The fourth-order valence-electron chi connectivity index (χ4n) is 4.90. The lowest BCUT2D eigenvalue weighted by Gasteiger charge is -2.45. The van der Waals surface area contributed by atoms with E-state index in [1.54, 1.807) is 0 Å². The largest absolute Gasteiger partial charge is 0.481 e. The number of hydrogen-bond acceptors (Lipinski definition) is 2. The van der Waals surface area contributed by atoms with E-state index in [4.69, 9.17) is 0 Å². The number of likely N-dealkylation sites (tertiary alicyclic amines) is 1. The van der Waals surface area contributed by atoms with Crippen LogP contribution in [0.5, 0.6) is 0 Å². The number of carboxylic acid groups (broad SMARTS) is 1. The number of carbonyl (C=O) groups excluding carboxylic acids is 1. The average Bonchev–Trinajstić information content (AvgIpc) is 2.56. The van der Waals surface area contributed by atoms with Gasteiger partial charge in [-0.3, -0.25) is 9.59 Å². The molecule has 4 heteroatoms. The van der Waals surface area contributed by atoms with Crippen molar-refractivity contribution in [2.24, 2.45) is 17.3 Å². The number of rotatable bonds is 2. The second kappa shape index (κ2) is 6.59. The number of hydrogen-bond donors (Lipinski definition) is 1. The quantitative estimate of drug-likeness (QED) is 0.850. The van der Waals surface area contributed by atoms with Gasteiger partial charge in [-0.1, -0.05) is 25.7 Å². The smallest absolute Gasteiger partial charge is 0.306 e. The second-order valence-corrected chi connectivity index (χ2v) is 7.78. The highest BCUT2D eigenvalue weighted by Crippen LogP contribution is 2.45. The molecule has 0 aromatic rings. The third-order valence-electron chi connectivity index (χ3n) is 6.42. The molecular formula is C18H29NO3. The van der Waals surface area contributed by atoms with E-state index in [1.807, 2.05) is 4.90 Å². The molecule has 1 heterocycles. The zero-order chi connectivity index (χ0) is 15.6. The molecule has 124 valence electrons. The third kappa shape index (κ3) is 3.31. The van der Waals surface area contributed by atoms with E-state index in [0.29, 0.717) is 11.8 Å². The van der Waals surface area contributed by atoms with Gasteiger partial charge in [-0.05, 0) is 50.4 Å². The van der Waals surface area contributed by atoms with E-state index in [-0.39, 0.29) is 17.7 Å². The van der Waals surface area contributed by atoms with Crippen LogP contribution in [0.25, 0.3) is 0 Å². The minimum Gasteiger partial charge on any atom is -0.481 e. The zero-order valence-electron chi connectivity index (χ0n) is 13.6. The monoisotopic (exact) mass is 307 g/mol. The summed E-state index contributed by atoms with van der Waals surface area (Å²) in [5, 5.41) is 9.19. The first-order valence-corrected chi connectivity index (χ1v) is 9.11. The van der Waals surface area contributed by atoms with Gasteiger partial charge in [-0.15, -0.1) is 0 Å². The predicted molar refractivity (Wildman–Crippen MR) is 84.4 cm³/mol. The molecule has 1 amide bonds. The van der Waals surface area contributed by atoms with Crippen LogP contribution in [0.4, 0.5) is 0 Å². The average molecular weight is 307 g/mol. The van der Waals surface area contributed by atoms with E-state index in [9.17, 15) is 14.7 Å². The van der Waals surface area contributed by atoms with Crippen molar-refractivity contribution in [2.45, 2.75) is 70.6 Å². The van der Waals surface area contributed by atoms with Crippen LogP contribution >= 0.6 is 0 Å². The van der Waals surface area contributed by atoms with Crippen molar-refractivity contribution in [3.05, 3.63) is 0 Å². The maximum Gasteiger partial charge on any atom is 0.306 e. The van der Waals surface area contributed by atoms with E-state index in [0.717, 1.165) is 45.2 Å². The summed E-state index contributed by atoms with van der Waals surface area (Å²) < 4.78 is 0. The predicted octanol–water partition coefficient (Wildman–Crippen LogP) is 3.45. The molecule has 1 spiro atoms. The Morgan fingerprint density at radius 3 is 2.14 bits per heavy atom. The third-order valence-corrected chi connectivity index (χ3v) is 6.42. The minimum absolute atomic E-state index is 0.0461. The van der Waals surface area contributed by atoms with E-state index >= 15 is 0 Å². The van der Waals surface area contributed by atoms with Crippen LogP contribution in [-0.2, 0) is 9.59 Å². The summed E-state index contributed by atoms with van der Waals surface area (Å²) in [6, 6.07) is 0. The lowest BCUT2D eigenvalue weighted by molar-refractivity contribution is -0.146. The Hall–Kier alpha value is -1.06. The zero-order valence-corrected chi connectivity index (χ0v) is 13.6. The molecule has 2 saturated carbocycles. The maximum atomic E-state index is 12.7. The second-order valence-electron chi connectivity index (χ2n) is 7.78. The van der Waals surface area contributed by atoms with E-state index < -0.39 is 5.97 Å². The van der Waals surface area contributed by atoms with Crippen LogP contribution in [0, 0.1) is 17.3 Å². The summed E-state index contributed by atoms with van der Waals surface area (Å²) in [6.07, 6.45) is 12.2. The van der Waals surface area contributed by atoms with Crippen molar-refractivity contribution >= 4 is 11.9 Å². The summed E-state index contributed by atoms with van der Waals surface area (Å²) in [5.74, 6) is -0.846. The SMILES string of the molecule is O=C(O)C1CCCC(C(=O)N2CCC3(CCCCC3)CC2)C1. The molecule has 3 aliphatic rings. The van der Waals surface area contributed by atoms with Crippen LogP contribution < -0.4 is 0 Å². The standard InChI is InChI=1S/C18H29NO3/c20-16(14-5-4-6-15(13-14)17(21)22)19-11-9-18(10-12-19)7-2-1-3-8-18/h14-15H,1-13H2,(H,21,22). The fourth-order valence-corrected chi connectivity index (χ4v) is 4.90.